The molecule has 0 aliphatic rings. The summed E-state index contributed by atoms with van der Waals surface area (Å²) in [5, 5.41) is 7.22. The molecule has 0 saturated carbocycles. The molecular weight excluding hydrogens is 316 g/mol. The lowest BCUT2D eigenvalue weighted by molar-refractivity contribution is 0.415. The highest BCUT2D eigenvalue weighted by Crippen LogP contribution is 2.28. The van der Waals surface area contributed by atoms with E-state index in [0.29, 0.717) is 5.11 Å². The standard InChI is InChI=1S/C20H26N2OS/c1-15(14-20(2,3)16-8-6-5-7-9-16)21-19(24)22-17-10-12-18(23-4)13-11-17/h5-13,15H,14H2,1-4H3,(H2,21,22,24)/t15-/m1/s1. The van der Waals surface area contributed by atoms with Crippen LogP contribution in [0.15, 0.2) is 54.6 Å². The van der Waals surface area contributed by atoms with Gasteiger partial charge in [-0.05, 0) is 60.8 Å². The van der Waals surface area contributed by atoms with E-state index in [9.17, 15) is 0 Å². The normalized spacial score (nSPS) is 12.3. The van der Waals surface area contributed by atoms with Gasteiger partial charge in [-0.15, -0.1) is 0 Å². The first-order valence-corrected chi connectivity index (χ1v) is 8.58. The highest BCUT2D eigenvalue weighted by molar-refractivity contribution is 7.80. The van der Waals surface area contributed by atoms with Gasteiger partial charge in [0.15, 0.2) is 5.11 Å². The van der Waals surface area contributed by atoms with Crippen molar-refractivity contribution >= 4 is 23.0 Å². The van der Waals surface area contributed by atoms with Crippen LogP contribution in [0.3, 0.4) is 0 Å². The summed E-state index contributed by atoms with van der Waals surface area (Å²) < 4.78 is 5.16. The molecule has 0 aliphatic carbocycles. The molecule has 3 nitrogen and oxygen atoms in total. The summed E-state index contributed by atoms with van der Waals surface area (Å²) in [6, 6.07) is 18.6. The Morgan fingerprint density at radius 3 is 2.29 bits per heavy atom. The van der Waals surface area contributed by atoms with Crippen LogP contribution in [0.2, 0.25) is 0 Å². The third-order valence-electron chi connectivity index (χ3n) is 4.10. The molecule has 0 amide bonds. The number of hydrogen-bond acceptors (Lipinski definition) is 2. The van der Waals surface area contributed by atoms with Crippen LogP contribution in [0.4, 0.5) is 5.69 Å². The second kappa shape index (κ2) is 8.15. The maximum Gasteiger partial charge on any atom is 0.170 e. The molecule has 2 aromatic rings. The van der Waals surface area contributed by atoms with E-state index in [-0.39, 0.29) is 11.5 Å². The van der Waals surface area contributed by atoms with Crippen molar-refractivity contribution in [1.82, 2.24) is 5.32 Å². The summed E-state index contributed by atoms with van der Waals surface area (Å²) >= 11 is 5.43. The molecule has 0 heterocycles. The van der Waals surface area contributed by atoms with Gasteiger partial charge >= 0.3 is 0 Å². The molecule has 2 rings (SSSR count). The number of hydrogen-bond donors (Lipinski definition) is 2. The van der Waals surface area contributed by atoms with E-state index < -0.39 is 0 Å². The fraction of sp³-hybridized carbons (Fsp3) is 0.350. The average molecular weight is 343 g/mol. The summed E-state index contributed by atoms with van der Waals surface area (Å²) in [4.78, 5) is 0. The lowest BCUT2D eigenvalue weighted by Gasteiger charge is -2.29. The summed E-state index contributed by atoms with van der Waals surface area (Å²) in [6.07, 6.45) is 0.988. The summed E-state index contributed by atoms with van der Waals surface area (Å²) in [5.74, 6) is 0.831. The number of rotatable bonds is 6. The summed E-state index contributed by atoms with van der Waals surface area (Å²) in [7, 11) is 1.66. The third kappa shape index (κ3) is 5.24. The van der Waals surface area contributed by atoms with Crippen molar-refractivity contribution < 1.29 is 4.74 Å². The second-order valence-corrected chi connectivity index (χ2v) is 7.09. The SMILES string of the molecule is COc1ccc(NC(=S)N[C@H](C)CC(C)(C)c2ccccc2)cc1. The Bertz CT molecular complexity index is 653. The zero-order chi connectivity index (χ0) is 17.6. The van der Waals surface area contributed by atoms with E-state index >= 15 is 0 Å². The fourth-order valence-electron chi connectivity index (χ4n) is 2.89. The Morgan fingerprint density at radius 2 is 1.71 bits per heavy atom. The first kappa shape index (κ1) is 18.3. The number of methoxy groups -OCH3 is 1. The lowest BCUT2D eigenvalue weighted by Crippen LogP contribution is -2.39. The molecule has 0 radical (unpaired) electrons. The molecule has 0 spiro atoms. The van der Waals surface area contributed by atoms with Crippen molar-refractivity contribution in [2.24, 2.45) is 0 Å². The molecule has 0 fully saturated rings. The lowest BCUT2D eigenvalue weighted by atomic mass is 9.79. The second-order valence-electron chi connectivity index (χ2n) is 6.68. The van der Waals surface area contributed by atoms with Crippen LogP contribution in [0.25, 0.3) is 0 Å². The zero-order valence-corrected chi connectivity index (χ0v) is 15.6. The van der Waals surface area contributed by atoms with Gasteiger partial charge in [0, 0.05) is 11.7 Å². The van der Waals surface area contributed by atoms with Crippen LogP contribution in [-0.2, 0) is 5.41 Å². The molecular formula is C20H26N2OS. The van der Waals surface area contributed by atoms with E-state index in [1.54, 1.807) is 7.11 Å². The molecule has 0 saturated heterocycles. The number of thiocarbonyl (C=S) groups is 1. The Labute approximate surface area is 150 Å². The van der Waals surface area contributed by atoms with Crippen molar-refractivity contribution in [2.75, 3.05) is 12.4 Å². The number of ether oxygens (including phenoxy) is 1. The van der Waals surface area contributed by atoms with Gasteiger partial charge in [-0.25, -0.2) is 0 Å². The summed E-state index contributed by atoms with van der Waals surface area (Å²) in [6.45, 7) is 6.69. The van der Waals surface area contributed by atoms with E-state index in [4.69, 9.17) is 17.0 Å². The molecule has 0 bridgehead atoms. The molecule has 0 unspecified atom stereocenters. The molecule has 2 N–H and O–H groups in total. The van der Waals surface area contributed by atoms with Crippen molar-refractivity contribution in [2.45, 2.75) is 38.6 Å². The minimum atomic E-state index is 0.0867. The minimum absolute atomic E-state index is 0.0867. The Hall–Kier alpha value is -2.07. The van der Waals surface area contributed by atoms with E-state index in [2.05, 4.69) is 61.7 Å². The Balaban J connectivity index is 1.89. The van der Waals surface area contributed by atoms with Crippen LogP contribution in [-0.4, -0.2) is 18.3 Å². The highest BCUT2D eigenvalue weighted by atomic mass is 32.1. The van der Waals surface area contributed by atoms with Crippen molar-refractivity contribution in [3.63, 3.8) is 0 Å². The van der Waals surface area contributed by atoms with Gasteiger partial charge in [-0.1, -0.05) is 44.2 Å². The average Bonchev–Trinajstić information content (AvgIpc) is 2.55. The smallest absolute Gasteiger partial charge is 0.170 e. The highest BCUT2D eigenvalue weighted by Gasteiger charge is 2.23. The first-order valence-electron chi connectivity index (χ1n) is 8.18. The van der Waals surface area contributed by atoms with Gasteiger partial charge < -0.3 is 15.4 Å². The van der Waals surface area contributed by atoms with Gasteiger partial charge in [0.05, 0.1) is 7.11 Å². The Morgan fingerprint density at radius 1 is 1.08 bits per heavy atom. The number of benzene rings is 2. The van der Waals surface area contributed by atoms with E-state index in [0.717, 1.165) is 17.9 Å². The molecule has 0 aromatic heterocycles. The molecule has 4 heteroatoms. The van der Waals surface area contributed by atoms with Crippen molar-refractivity contribution in [3.05, 3.63) is 60.2 Å². The van der Waals surface area contributed by atoms with Crippen LogP contribution in [0, 0.1) is 0 Å². The zero-order valence-electron chi connectivity index (χ0n) is 14.8. The van der Waals surface area contributed by atoms with Crippen LogP contribution in [0.1, 0.15) is 32.8 Å². The minimum Gasteiger partial charge on any atom is -0.497 e. The van der Waals surface area contributed by atoms with E-state index in [1.807, 2.05) is 24.3 Å². The maximum atomic E-state index is 5.43. The molecule has 1 atom stereocenters. The predicted octanol–water partition coefficient (Wildman–Crippen LogP) is 4.74. The molecule has 24 heavy (non-hydrogen) atoms. The summed E-state index contributed by atoms with van der Waals surface area (Å²) in [5.41, 5.74) is 2.37. The molecule has 0 aliphatic heterocycles. The number of anilines is 1. The van der Waals surface area contributed by atoms with Gasteiger partial charge in [0.1, 0.15) is 5.75 Å². The van der Waals surface area contributed by atoms with Gasteiger partial charge in [-0.2, -0.15) is 0 Å². The van der Waals surface area contributed by atoms with Crippen molar-refractivity contribution in [3.8, 4) is 5.75 Å². The molecule has 128 valence electrons. The first-order chi connectivity index (χ1) is 11.4. The van der Waals surface area contributed by atoms with Crippen LogP contribution >= 0.6 is 12.2 Å². The topological polar surface area (TPSA) is 33.3 Å². The predicted molar refractivity (Wildman–Crippen MR) is 106 cm³/mol. The van der Waals surface area contributed by atoms with Crippen LogP contribution in [0.5, 0.6) is 5.75 Å². The maximum absolute atomic E-state index is 5.43. The van der Waals surface area contributed by atoms with E-state index in [1.165, 1.54) is 5.56 Å². The van der Waals surface area contributed by atoms with Crippen LogP contribution < -0.4 is 15.4 Å². The largest absolute Gasteiger partial charge is 0.497 e. The number of nitrogens with one attached hydrogen (secondary N) is 2. The van der Waals surface area contributed by atoms with Gasteiger partial charge in [-0.3, -0.25) is 0 Å². The van der Waals surface area contributed by atoms with Crippen molar-refractivity contribution in [1.29, 1.82) is 0 Å². The Kier molecular flexibility index (Phi) is 6.21. The third-order valence-corrected chi connectivity index (χ3v) is 4.32. The quantitative estimate of drug-likeness (QED) is 0.743. The molecule has 2 aromatic carbocycles. The van der Waals surface area contributed by atoms with Gasteiger partial charge in [0.25, 0.3) is 0 Å². The van der Waals surface area contributed by atoms with Gasteiger partial charge in [0.2, 0.25) is 0 Å². The monoisotopic (exact) mass is 342 g/mol. The fourth-order valence-corrected chi connectivity index (χ4v) is 3.21.